The molecule has 0 aliphatic carbocycles. The molecule has 176 valence electrons. The van der Waals surface area contributed by atoms with Crippen molar-refractivity contribution in [3.05, 3.63) is 56.8 Å². The van der Waals surface area contributed by atoms with Crippen LogP contribution in [0.5, 0.6) is 5.75 Å². The zero-order valence-electron chi connectivity index (χ0n) is 19.8. The normalized spacial score (nSPS) is 11.6. The first-order chi connectivity index (χ1) is 15.4. The van der Waals surface area contributed by atoms with E-state index in [1.54, 1.807) is 12.1 Å². The van der Waals surface area contributed by atoms with E-state index in [1.807, 2.05) is 51.4 Å². The molecule has 0 bridgehead atoms. The number of carbonyl (C=O) groups is 2. The van der Waals surface area contributed by atoms with Gasteiger partial charge in [0.2, 0.25) is 5.91 Å². The van der Waals surface area contributed by atoms with E-state index in [2.05, 4.69) is 5.32 Å². The Bertz CT molecular complexity index is 1230. The van der Waals surface area contributed by atoms with Crippen molar-refractivity contribution in [2.75, 3.05) is 6.61 Å². The molecule has 2 aromatic carbocycles. The molecule has 0 spiro atoms. The first-order valence-corrected chi connectivity index (χ1v) is 11.6. The monoisotopic (exact) mass is 489 g/mol. The minimum Gasteiger partial charge on any atom is -0.493 e. The van der Waals surface area contributed by atoms with E-state index in [0.29, 0.717) is 46.4 Å². The van der Waals surface area contributed by atoms with Crippen LogP contribution in [-0.4, -0.2) is 27.8 Å². The maximum Gasteiger partial charge on any atom is 0.225 e. The van der Waals surface area contributed by atoms with Crippen molar-refractivity contribution >= 4 is 45.9 Å². The molecule has 0 aliphatic rings. The maximum atomic E-state index is 12.3. The molecule has 1 heterocycles. The fraction of sp³-hybridized carbons (Fsp3) is 0.400. The Hall–Kier alpha value is -2.57. The molecule has 3 aromatic rings. The lowest BCUT2D eigenvalue weighted by Crippen LogP contribution is -2.34. The predicted octanol–water partition coefficient (Wildman–Crippen LogP) is 5.73. The SMILES string of the molecule is CCOc1cc2c(cc1C(C)=O)nc(Cc1c(Cl)ccc(CNC(=O)C(C)(C)C)c1Cl)n2C. The largest absolute Gasteiger partial charge is 0.493 e. The van der Waals surface area contributed by atoms with Gasteiger partial charge in [0.15, 0.2) is 5.78 Å². The van der Waals surface area contributed by atoms with Gasteiger partial charge in [0, 0.05) is 36.5 Å². The van der Waals surface area contributed by atoms with Gasteiger partial charge in [-0.05, 0) is 37.1 Å². The third-order valence-electron chi connectivity index (χ3n) is 5.48. The van der Waals surface area contributed by atoms with Crippen LogP contribution in [0.4, 0.5) is 0 Å². The number of hydrogen-bond donors (Lipinski definition) is 1. The van der Waals surface area contributed by atoms with Crippen LogP contribution in [-0.2, 0) is 24.8 Å². The lowest BCUT2D eigenvalue weighted by molar-refractivity contribution is -0.128. The van der Waals surface area contributed by atoms with Gasteiger partial charge in [-0.1, -0.05) is 50.0 Å². The molecule has 0 saturated carbocycles. The van der Waals surface area contributed by atoms with Crippen LogP contribution in [0.3, 0.4) is 0 Å². The lowest BCUT2D eigenvalue weighted by atomic mass is 9.95. The zero-order valence-corrected chi connectivity index (χ0v) is 21.3. The minimum absolute atomic E-state index is 0.0585. The molecule has 0 atom stereocenters. The summed E-state index contributed by atoms with van der Waals surface area (Å²) in [6.07, 6.45) is 0.392. The van der Waals surface area contributed by atoms with Crippen LogP contribution in [0.15, 0.2) is 24.3 Å². The van der Waals surface area contributed by atoms with Gasteiger partial charge in [-0.25, -0.2) is 4.98 Å². The molecule has 0 fully saturated rings. The van der Waals surface area contributed by atoms with Crippen molar-refractivity contribution in [2.24, 2.45) is 12.5 Å². The topological polar surface area (TPSA) is 73.2 Å². The highest BCUT2D eigenvalue weighted by molar-refractivity contribution is 6.36. The molecule has 6 nitrogen and oxygen atoms in total. The zero-order chi connectivity index (χ0) is 24.5. The number of carbonyl (C=O) groups excluding carboxylic acids is 2. The van der Waals surface area contributed by atoms with Crippen molar-refractivity contribution < 1.29 is 14.3 Å². The number of aromatic nitrogens is 2. The molecule has 0 aliphatic heterocycles. The van der Waals surface area contributed by atoms with Crippen LogP contribution >= 0.6 is 23.2 Å². The molecule has 1 amide bonds. The van der Waals surface area contributed by atoms with Gasteiger partial charge in [-0.15, -0.1) is 0 Å². The highest BCUT2D eigenvalue weighted by Gasteiger charge is 2.22. The third-order valence-corrected chi connectivity index (χ3v) is 6.30. The van der Waals surface area contributed by atoms with Crippen LogP contribution in [0.2, 0.25) is 10.0 Å². The minimum atomic E-state index is -0.492. The molecule has 3 rings (SSSR count). The summed E-state index contributed by atoms with van der Waals surface area (Å²) in [5, 5.41) is 3.95. The number of imidazole rings is 1. The smallest absolute Gasteiger partial charge is 0.225 e. The van der Waals surface area contributed by atoms with Gasteiger partial charge in [-0.2, -0.15) is 0 Å². The summed E-state index contributed by atoms with van der Waals surface area (Å²) in [7, 11) is 1.91. The third kappa shape index (κ3) is 5.33. The average molecular weight is 490 g/mol. The number of halogens is 2. The van der Waals surface area contributed by atoms with E-state index in [9.17, 15) is 9.59 Å². The summed E-state index contributed by atoms with van der Waals surface area (Å²) in [4.78, 5) is 29.1. The molecule has 0 radical (unpaired) electrons. The van der Waals surface area contributed by atoms with Crippen molar-refractivity contribution in [1.82, 2.24) is 14.9 Å². The van der Waals surface area contributed by atoms with Crippen LogP contribution < -0.4 is 10.1 Å². The Labute approximate surface area is 204 Å². The average Bonchev–Trinajstić information content (AvgIpc) is 3.04. The molecule has 0 saturated heterocycles. The number of nitrogens with one attached hydrogen (secondary N) is 1. The van der Waals surface area contributed by atoms with Gasteiger partial charge >= 0.3 is 0 Å². The first kappa shape index (κ1) is 25.1. The number of rotatable bonds is 7. The molecule has 8 heteroatoms. The second-order valence-corrected chi connectivity index (χ2v) is 9.81. The summed E-state index contributed by atoms with van der Waals surface area (Å²) < 4.78 is 7.62. The summed E-state index contributed by atoms with van der Waals surface area (Å²) >= 11 is 13.2. The van der Waals surface area contributed by atoms with Crippen LogP contribution in [0.1, 0.15) is 61.9 Å². The van der Waals surface area contributed by atoms with Gasteiger partial charge < -0.3 is 14.6 Å². The fourth-order valence-corrected chi connectivity index (χ4v) is 4.09. The Kier molecular flexibility index (Phi) is 7.39. The Balaban J connectivity index is 1.97. The second kappa shape index (κ2) is 9.74. The molecule has 0 unspecified atom stereocenters. The number of benzene rings is 2. The van der Waals surface area contributed by atoms with E-state index in [-0.39, 0.29) is 11.7 Å². The Morgan fingerprint density at radius 2 is 1.88 bits per heavy atom. The quantitative estimate of drug-likeness (QED) is 0.429. The number of Topliss-reactive ketones (excluding diaryl/α,β-unsaturated/α-hetero) is 1. The number of ketones is 1. The standard InChI is InChI=1S/C25H29Cl2N3O3/c1-7-33-21-12-20-19(10-16(21)14(2)31)29-22(30(20)6)11-17-18(26)9-8-15(23(17)27)13-28-24(32)25(3,4)5/h8-10,12H,7,11,13H2,1-6H3,(H,28,32). The Morgan fingerprint density at radius 3 is 2.48 bits per heavy atom. The molecular formula is C25H29Cl2N3O3. The predicted molar refractivity (Wildman–Crippen MR) is 132 cm³/mol. The van der Waals surface area contributed by atoms with Crippen molar-refractivity contribution in [2.45, 2.75) is 47.6 Å². The molecule has 33 heavy (non-hydrogen) atoms. The number of amides is 1. The van der Waals surface area contributed by atoms with Crippen molar-refractivity contribution in [3.8, 4) is 5.75 Å². The summed E-state index contributed by atoms with van der Waals surface area (Å²) in [5.74, 6) is 1.15. The van der Waals surface area contributed by atoms with Crippen LogP contribution in [0, 0.1) is 5.41 Å². The van der Waals surface area contributed by atoms with Gasteiger partial charge in [-0.3, -0.25) is 9.59 Å². The van der Waals surface area contributed by atoms with Gasteiger partial charge in [0.25, 0.3) is 0 Å². The van der Waals surface area contributed by atoms with E-state index in [0.717, 1.165) is 22.5 Å². The second-order valence-electron chi connectivity index (χ2n) is 9.02. The summed E-state index contributed by atoms with van der Waals surface area (Å²) in [5.41, 5.74) is 3.07. The number of aryl methyl sites for hydroxylation is 1. The number of ether oxygens (including phenoxy) is 1. The maximum absolute atomic E-state index is 12.3. The number of nitrogens with zero attached hydrogens (tertiary/aromatic N) is 2. The molecule has 1 aromatic heterocycles. The van der Waals surface area contributed by atoms with Gasteiger partial charge in [0.1, 0.15) is 11.6 Å². The molecule has 1 N–H and O–H groups in total. The summed E-state index contributed by atoms with van der Waals surface area (Å²) in [6, 6.07) is 7.20. The number of hydrogen-bond acceptors (Lipinski definition) is 4. The van der Waals surface area contributed by atoms with Crippen molar-refractivity contribution in [1.29, 1.82) is 0 Å². The highest BCUT2D eigenvalue weighted by Crippen LogP contribution is 2.32. The Morgan fingerprint density at radius 1 is 1.18 bits per heavy atom. The van der Waals surface area contributed by atoms with Gasteiger partial charge in [0.05, 0.1) is 28.2 Å². The van der Waals surface area contributed by atoms with E-state index in [4.69, 9.17) is 32.9 Å². The van der Waals surface area contributed by atoms with E-state index in [1.165, 1.54) is 6.92 Å². The highest BCUT2D eigenvalue weighted by atomic mass is 35.5. The first-order valence-electron chi connectivity index (χ1n) is 10.8. The van der Waals surface area contributed by atoms with Crippen LogP contribution in [0.25, 0.3) is 11.0 Å². The van der Waals surface area contributed by atoms with Crippen molar-refractivity contribution in [3.63, 3.8) is 0 Å². The summed E-state index contributed by atoms with van der Waals surface area (Å²) in [6.45, 7) is 9.73. The lowest BCUT2D eigenvalue weighted by Gasteiger charge is -2.18. The van der Waals surface area contributed by atoms with E-state index < -0.39 is 5.41 Å². The van der Waals surface area contributed by atoms with E-state index >= 15 is 0 Å². The fourth-order valence-electron chi connectivity index (χ4n) is 3.52. The number of fused-ring (bicyclic) bond motifs is 1. The molecular weight excluding hydrogens is 461 g/mol.